The first-order chi connectivity index (χ1) is 15.8. The van der Waals surface area contributed by atoms with Gasteiger partial charge in [0.2, 0.25) is 0 Å². The fourth-order valence-electron chi connectivity index (χ4n) is 4.77. The van der Waals surface area contributed by atoms with Crippen LogP contribution in [0.4, 0.5) is 0 Å². The fraction of sp³-hybridized carbons (Fsp3) is 0.333. The Morgan fingerprint density at radius 3 is 1.56 bits per heavy atom. The zero-order valence-corrected chi connectivity index (χ0v) is 27.1. The smallest absolute Gasteiger partial charge is 1.00 e. The molecule has 0 N–H and O–H groups in total. The summed E-state index contributed by atoms with van der Waals surface area (Å²) in [5.74, 6) is 0. The van der Waals surface area contributed by atoms with Crippen LogP contribution in [0.2, 0.25) is 12.1 Å². The summed E-state index contributed by atoms with van der Waals surface area (Å²) in [4.78, 5) is 0. The molecule has 1 heterocycles. The maximum Gasteiger partial charge on any atom is -1.00 e. The van der Waals surface area contributed by atoms with Crippen LogP contribution in [0.3, 0.4) is 0 Å². The predicted octanol–water partition coefficient (Wildman–Crippen LogP) is 1.73. The van der Waals surface area contributed by atoms with Gasteiger partial charge < -0.3 is 24.8 Å². The number of benzene rings is 2. The molecule has 34 heavy (non-hydrogen) atoms. The van der Waals surface area contributed by atoms with Crippen LogP contribution in [0.1, 0.15) is 61.8 Å². The Hall–Kier alpha value is -0.933. The summed E-state index contributed by atoms with van der Waals surface area (Å²) in [6.07, 6.45) is 17.2. The molecule has 0 amide bonds. The van der Waals surface area contributed by atoms with Gasteiger partial charge in [-0.1, -0.05) is 24.9 Å². The number of rotatable bonds is 6. The quantitative estimate of drug-likeness (QED) is 0.411. The molecule has 0 unspecified atom stereocenters. The van der Waals surface area contributed by atoms with E-state index in [0.29, 0.717) is 9.52 Å². The van der Waals surface area contributed by atoms with Crippen LogP contribution in [0, 0.1) is 0 Å². The Labute approximate surface area is 233 Å². The molecular weight excluding hydrogens is 638 g/mol. The summed E-state index contributed by atoms with van der Waals surface area (Å²) in [6.45, 7) is 4.48. The van der Waals surface area contributed by atoms with Crippen LogP contribution in [-0.2, 0) is 35.7 Å². The van der Waals surface area contributed by atoms with Crippen molar-refractivity contribution in [2.24, 2.45) is 0 Å². The van der Waals surface area contributed by atoms with Gasteiger partial charge in [0.25, 0.3) is 0 Å². The van der Waals surface area contributed by atoms with E-state index in [1.807, 2.05) is 0 Å². The summed E-state index contributed by atoms with van der Waals surface area (Å²) in [5.41, 5.74) is 8.77. The van der Waals surface area contributed by atoms with Gasteiger partial charge in [-0.2, -0.15) is 0 Å². The van der Waals surface area contributed by atoms with Crippen molar-refractivity contribution in [3.63, 3.8) is 0 Å². The Bertz CT molecular complexity index is 974. The minimum absolute atomic E-state index is 0. The van der Waals surface area contributed by atoms with Crippen molar-refractivity contribution in [1.29, 1.82) is 0 Å². The van der Waals surface area contributed by atoms with Crippen LogP contribution in [0.15, 0.2) is 79.5 Å². The van der Waals surface area contributed by atoms with Gasteiger partial charge in [-0.25, -0.2) is 0 Å². The minimum Gasteiger partial charge on any atom is -1.00 e. The number of aryl methyl sites for hydroxylation is 2. The third kappa shape index (κ3) is 7.78. The molecule has 0 bridgehead atoms. The molecule has 0 radical (unpaired) electrons. The van der Waals surface area contributed by atoms with Crippen LogP contribution in [0.5, 0.6) is 0 Å². The van der Waals surface area contributed by atoms with Crippen molar-refractivity contribution in [3.8, 4) is 0 Å². The molecule has 0 saturated carbocycles. The van der Waals surface area contributed by atoms with Gasteiger partial charge in [0.05, 0.1) is 0 Å². The molecule has 2 aliphatic carbocycles. The first kappa shape index (κ1) is 29.3. The molecule has 0 atom stereocenters. The van der Waals surface area contributed by atoms with Gasteiger partial charge in [0.1, 0.15) is 0 Å². The molecule has 2 aromatic rings. The minimum atomic E-state index is -1.02. The Balaban J connectivity index is 0.000000520. The summed E-state index contributed by atoms with van der Waals surface area (Å²) in [5, 5.41) is 0. The van der Waals surface area contributed by atoms with Gasteiger partial charge in [0, 0.05) is 9.52 Å². The van der Waals surface area contributed by atoms with Crippen LogP contribution in [-0.4, -0.2) is 9.52 Å². The van der Waals surface area contributed by atoms with Crippen molar-refractivity contribution >= 4 is 20.7 Å². The molecule has 0 aromatic heterocycles. The largest absolute Gasteiger partial charge is 1.00 e. The molecule has 1 aliphatic heterocycles. The SMILES string of the molecule is C1CC[SiH2]C1.CCc1cccc(C2=[C]([Hf+2][C]3=C(c4cccc(CC)c4)C=CC3)CC=C2)c1.[Cl-].[Cl-]. The average Bonchev–Trinajstić information content (AvgIpc) is 3.63. The van der Waals surface area contributed by atoms with Crippen molar-refractivity contribution in [2.45, 2.75) is 64.5 Å². The van der Waals surface area contributed by atoms with E-state index in [9.17, 15) is 0 Å². The van der Waals surface area contributed by atoms with Crippen LogP contribution < -0.4 is 24.8 Å². The zero-order chi connectivity index (χ0) is 22.2. The Kier molecular flexibility index (Phi) is 13.1. The van der Waals surface area contributed by atoms with E-state index < -0.39 is 22.9 Å². The van der Waals surface area contributed by atoms with Crippen molar-refractivity contribution in [3.05, 3.63) is 102 Å². The second kappa shape index (κ2) is 15.2. The average molecular weight is 674 g/mol. The van der Waals surface area contributed by atoms with E-state index in [1.54, 1.807) is 31.6 Å². The molecule has 2 aromatic carbocycles. The molecule has 3 aliphatic rings. The molecular formula is C30H36Cl2HfSi. The second-order valence-corrected chi connectivity index (χ2v) is 16.4. The second-order valence-electron chi connectivity index (χ2n) is 9.00. The van der Waals surface area contributed by atoms with E-state index in [-0.39, 0.29) is 24.8 Å². The molecule has 1 fully saturated rings. The number of allylic oxidation sites excluding steroid dienone is 8. The zero-order valence-electron chi connectivity index (χ0n) is 20.5. The summed E-state index contributed by atoms with van der Waals surface area (Å²) in [6, 6.07) is 21.6. The maximum atomic E-state index is 2.39. The Morgan fingerprint density at radius 2 is 1.18 bits per heavy atom. The number of halogens is 2. The first-order valence-electron chi connectivity index (χ1n) is 12.5. The maximum absolute atomic E-state index is 2.39. The van der Waals surface area contributed by atoms with E-state index in [2.05, 4.69) is 86.7 Å². The van der Waals surface area contributed by atoms with E-state index in [0.717, 1.165) is 12.8 Å². The predicted molar refractivity (Wildman–Crippen MR) is 140 cm³/mol. The fourth-order valence-corrected chi connectivity index (χ4v) is 12.0. The molecule has 0 spiro atoms. The topological polar surface area (TPSA) is 0 Å². The van der Waals surface area contributed by atoms with Gasteiger partial charge in [0.15, 0.2) is 0 Å². The van der Waals surface area contributed by atoms with Gasteiger partial charge >= 0.3 is 175 Å². The third-order valence-corrected chi connectivity index (χ3v) is 14.3. The molecule has 0 nitrogen and oxygen atoms in total. The number of hydrogen-bond donors (Lipinski definition) is 0. The van der Waals surface area contributed by atoms with Gasteiger partial charge in [-0.3, -0.25) is 0 Å². The monoisotopic (exact) mass is 674 g/mol. The van der Waals surface area contributed by atoms with E-state index >= 15 is 0 Å². The van der Waals surface area contributed by atoms with Crippen LogP contribution in [0.25, 0.3) is 11.1 Å². The summed E-state index contributed by atoms with van der Waals surface area (Å²) < 4.78 is 3.51. The van der Waals surface area contributed by atoms with Crippen molar-refractivity contribution < 1.29 is 47.7 Å². The first-order valence-corrected chi connectivity index (χ1v) is 18.1. The van der Waals surface area contributed by atoms with Crippen LogP contribution >= 0.6 is 0 Å². The summed E-state index contributed by atoms with van der Waals surface area (Å²) >= 11 is -1.02. The third-order valence-electron chi connectivity index (χ3n) is 6.71. The van der Waals surface area contributed by atoms with Crippen molar-refractivity contribution in [2.75, 3.05) is 0 Å². The van der Waals surface area contributed by atoms with E-state index in [1.165, 1.54) is 46.2 Å². The number of hydrogen-bond acceptors (Lipinski definition) is 0. The van der Waals surface area contributed by atoms with Crippen molar-refractivity contribution in [1.82, 2.24) is 0 Å². The normalized spacial score (nSPS) is 16.1. The van der Waals surface area contributed by atoms with E-state index in [4.69, 9.17) is 0 Å². The molecule has 5 rings (SSSR count). The van der Waals surface area contributed by atoms with Gasteiger partial charge in [-0.05, 0) is 0 Å². The molecule has 1 saturated heterocycles. The van der Waals surface area contributed by atoms with Gasteiger partial charge in [-0.15, -0.1) is 0 Å². The standard InChI is InChI=1S/2C13H13.C4H10Si.2ClH.Hf/c2*1-2-11-6-5-9-13(10-11)12-7-3-4-8-12;1-2-4-5-3-1;;;/h2*3,5-7,9-10H,2,4H2,1H3;1-5H2;2*1H;/q;;;;;+2/p-2. The summed E-state index contributed by atoms with van der Waals surface area (Å²) in [7, 11) is 0.543. The Morgan fingerprint density at radius 1 is 0.706 bits per heavy atom. The molecule has 4 heteroatoms. The molecule has 178 valence electrons.